The summed E-state index contributed by atoms with van der Waals surface area (Å²) >= 11 is 1.25. The molecule has 5 aromatic rings. The summed E-state index contributed by atoms with van der Waals surface area (Å²) in [5.74, 6) is 0.804. The van der Waals surface area contributed by atoms with Gasteiger partial charge in [0.05, 0.1) is 10.6 Å². The van der Waals surface area contributed by atoms with Crippen molar-refractivity contribution in [2.45, 2.75) is 24.0 Å². The van der Waals surface area contributed by atoms with Crippen LogP contribution in [-0.2, 0) is 10.0 Å². The summed E-state index contributed by atoms with van der Waals surface area (Å²) in [6.45, 7) is 3.74. The predicted molar refractivity (Wildman–Crippen MR) is 159 cm³/mol. The van der Waals surface area contributed by atoms with Crippen LogP contribution >= 0.6 is 11.8 Å². The number of hydrazone groups is 1. The largest absolute Gasteiger partial charge is 0.507 e. The van der Waals surface area contributed by atoms with E-state index in [1.165, 1.54) is 23.9 Å². The van der Waals surface area contributed by atoms with Crippen LogP contribution in [0, 0.1) is 13.8 Å². The molecule has 40 heavy (non-hydrogen) atoms. The first-order valence-electron chi connectivity index (χ1n) is 12.5. The van der Waals surface area contributed by atoms with Crippen LogP contribution in [0.1, 0.15) is 16.7 Å². The highest BCUT2D eigenvalue weighted by Gasteiger charge is 2.20. The van der Waals surface area contributed by atoms with E-state index in [1.54, 1.807) is 24.3 Å². The number of aromatic hydroxyl groups is 1. The van der Waals surface area contributed by atoms with E-state index in [0.717, 1.165) is 22.3 Å². The van der Waals surface area contributed by atoms with Crippen LogP contribution in [0.2, 0.25) is 0 Å². The van der Waals surface area contributed by atoms with Crippen LogP contribution in [0.3, 0.4) is 0 Å². The van der Waals surface area contributed by atoms with Gasteiger partial charge in [-0.15, -0.1) is 0 Å². The first kappa shape index (κ1) is 27.2. The van der Waals surface area contributed by atoms with Gasteiger partial charge >= 0.3 is 0 Å². The second kappa shape index (κ2) is 11.8. The molecular weight excluding hydrogens is 542 g/mol. The number of aromatic nitrogens is 1. The van der Waals surface area contributed by atoms with Crippen molar-refractivity contribution in [2.24, 2.45) is 5.10 Å². The average Bonchev–Trinajstić information content (AvgIpc) is 3.39. The van der Waals surface area contributed by atoms with Crippen LogP contribution in [0.4, 0.5) is 0 Å². The van der Waals surface area contributed by atoms with Gasteiger partial charge in [-0.2, -0.15) is 18.4 Å². The molecule has 0 saturated carbocycles. The topological polar surface area (TPSA) is 105 Å². The second-order valence-electron chi connectivity index (χ2n) is 9.17. The fourth-order valence-corrected chi connectivity index (χ4v) is 5.62. The van der Waals surface area contributed by atoms with E-state index in [-0.39, 0.29) is 16.4 Å². The molecule has 0 radical (unpaired) electrons. The van der Waals surface area contributed by atoms with Crippen LogP contribution in [0.5, 0.6) is 5.75 Å². The molecule has 4 aromatic carbocycles. The third kappa shape index (κ3) is 6.27. The van der Waals surface area contributed by atoms with Crippen molar-refractivity contribution in [1.82, 2.24) is 9.82 Å². The van der Waals surface area contributed by atoms with Crippen molar-refractivity contribution in [2.75, 3.05) is 5.75 Å². The molecule has 0 bridgehead atoms. The number of rotatable bonds is 9. The molecule has 5 rings (SSSR count). The summed E-state index contributed by atoms with van der Waals surface area (Å²) in [4.78, 5) is 7.18. The van der Waals surface area contributed by atoms with Crippen LogP contribution in [0.15, 0.2) is 123 Å². The molecule has 2 N–H and O–H groups in total. The summed E-state index contributed by atoms with van der Waals surface area (Å²) < 4.78 is 32.1. The van der Waals surface area contributed by atoms with Crippen molar-refractivity contribution in [3.63, 3.8) is 0 Å². The molecule has 0 fully saturated rings. The first-order chi connectivity index (χ1) is 19.3. The molecule has 0 unspecified atom stereocenters. The lowest BCUT2D eigenvalue weighted by atomic mass is 10.1. The Hall–Kier alpha value is -4.34. The number of phenolic OH excluding ortho intramolecular Hbond substituents is 1. The second-order valence-corrected chi connectivity index (χ2v) is 11.8. The van der Waals surface area contributed by atoms with E-state index in [9.17, 15) is 13.5 Å². The summed E-state index contributed by atoms with van der Waals surface area (Å²) in [5, 5.41) is 15.3. The van der Waals surface area contributed by atoms with Crippen LogP contribution < -0.4 is 4.83 Å². The van der Waals surface area contributed by atoms with E-state index in [2.05, 4.69) is 9.93 Å². The Labute approximate surface area is 237 Å². The highest BCUT2D eigenvalue weighted by molar-refractivity contribution is 7.99. The molecule has 0 spiro atoms. The Balaban J connectivity index is 1.48. The molecule has 0 aliphatic heterocycles. The zero-order chi connectivity index (χ0) is 28.1. The monoisotopic (exact) mass is 569 g/mol. The number of nitrogens with one attached hydrogen (secondary N) is 1. The number of phenols is 1. The van der Waals surface area contributed by atoms with Crippen LogP contribution in [-0.4, -0.2) is 30.0 Å². The zero-order valence-corrected chi connectivity index (χ0v) is 23.5. The van der Waals surface area contributed by atoms with E-state index in [4.69, 9.17) is 9.40 Å². The molecule has 202 valence electrons. The average molecular weight is 570 g/mol. The lowest BCUT2D eigenvalue weighted by molar-refractivity contribution is 0.466. The Morgan fingerprint density at radius 2 is 1.50 bits per heavy atom. The zero-order valence-electron chi connectivity index (χ0n) is 21.9. The molecule has 7 nitrogen and oxygen atoms in total. The smallest absolute Gasteiger partial charge is 0.276 e. The normalized spacial score (nSPS) is 11.9. The van der Waals surface area contributed by atoms with Crippen molar-refractivity contribution in [3.8, 4) is 28.3 Å². The van der Waals surface area contributed by atoms with Gasteiger partial charge in [-0.1, -0.05) is 96.2 Å². The quantitative estimate of drug-likeness (QED) is 0.115. The third-order valence-electron chi connectivity index (χ3n) is 6.12. The molecule has 0 aliphatic rings. The first-order valence-corrected chi connectivity index (χ1v) is 15.0. The van der Waals surface area contributed by atoms with Gasteiger partial charge in [0.25, 0.3) is 15.2 Å². The lowest BCUT2D eigenvalue weighted by Gasteiger charge is -2.10. The van der Waals surface area contributed by atoms with Crippen LogP contribution in [0.25, 0.3) is 22.6 Å². The number of hydrogen-bond donors (Lipinski definition) is 2. The molecule has 1 aromatic heterocycles. The van der Waals surface area contributed by atoms with E-state index >= 15 is 0 Å². The number of thioether (sulfide) groups is 1. The molecule has 0 atom stereocenters. The third-order valence-corrected chi connectivity index (χ3v) is 8.18. The number of hydrogen-bond acceptors (Lipinski definition) is 7. The van der Waals surface area contributed by atoms with Crippen molar-refractivity contribution < 1.29 is 17.9 Å². The van der Waals surface area contributed by atoms with E-state index in [0.29, 0.717) is 28.0 Å². The fourth-order valence-electron chi connectivity index (χ4n) is 4.01. The highest BCUT2D eigenvalue weighted by Crippen LogP contribution is 2.36. The molecule has 0 saturated heterocycles. The van der Waals surface area contributed by atoms with Crippen molar-refractivity contribution in [1.29, 1.82) is 0 Å². The van der Waals surface area contributed by atoms with E-state index < -0.39 is 10.0 Å². The standard InChI is InChI=1S/C31H27N3O4S2/c1-21-13-16-25(17-14-21)40(36,37)34-33-27(26-18-15-22(2)19-28(26)35)20-39-31-32-29(23-9-5-3-6-10-23)30(38-31)24-11-7-4-8-12-24/h3-19,34-35H,20H2,1-2H3. The van der Waals surface area contributed by atoms with Crippen molar-refractivity contribution in [3.05, 3.63) is 120 Å². The Bertz CT molecular complexity index is 1690. The van der Waals surface area contributed by atoms with Gasteiger partial charge in [0.15, 0.2) is 5.76 Å². The fraction of sp³-hybridized carbons (Fsp3) is 0.0968. The minimum absolute atomic E-state index is 0.00348. The molecule has 9 heteroatoms. The van der Waals surface area contributed by atoms with Gasteiger partial charge < -0.3 is 9.52 Å². The number of sulfonamides is 1. The van der Waals surface area contributed by atoms with Crippen molar-refractivity contribution >= 4 is 27.5 Å². The SMILES string of the molecule is Cc1ccc(S(=O)(=O)NN=C(CSc2nc(-c3ccccc3)c(-c3ccccc3)o2)c2ccc(C)cc2O)cc1. The molecule has 1 heterocycles. The van der Waals surface area contributed by atoms with Gasteiger partial charge in [0, 0.05) is 22.4 Å². The number of aryl methyl sites for hydroxylation is 2. The summed E-state index contributed by atoms with van der Waals surface area (Å²) in [6, 6.07) is 31.1. The number of oxazole rings is 1. The minimum atomic E-state index is -3.93. The minimum Gasteiger partial charge on any atom is -0.507 e. The predicted octanol–water partition coefficient (Wildman–Crippen LogP) is 6.81. The lowest BCUT2D eigenvalue weighted by Crippen LogP contribution is -2.21. The van der Waals surface area contributed by atoms with Gasteiger partial charge in [0.2, 0.25) is 0 Å². The Morgan fingerprint density at radius 3 is 2.15 bits per heavy atom. The molecule has 0 aliphatic carbocycles. The number of benzene rings is 4. The molecule has 0 amide bonds. The summed E-state index contributed by atoms with van der Waals surface area (Å²) in [5.41, 5.74) is 5.03. The summed E-state index contributed by atoms with van der Waals surface area (Å²) in [7, 11) is -3.93. The maximum Gasteiger partial charge on any atom is 0.276 e. The summed E-state index contributed by atoms with van der Waals surface area (Å²) in [6.07, 6.45) is 0. The Morgan fingerprint density at radius 1 is 0.875 bits per heavy atom. The molecular formula is C31H27N3O4S2. The van der Waals surface area contributed by atoms with Gasteiger partial charge in [0.1, 0.15) is 11.4 Å². The Kier molecular flexibility index (Phi) is 8.04. The maximum atomic E-state index is 12.9. The van der Waals surface area contributed by atoms with Gasteiger partial charge in [-0.05, 0) is 43.7 Å². The van der Waals surface area contributed by atoms with E-state index in [1.807, 2.05) is 80.6 Å². The maximum absolute atomic E-state index is 12.9. The number of nitrogens with zero attached hydrogens (tertiary/aromatic N) is 2. The van der Waals surface area contributed by atoms with Gasteiger partial charge in [-0.3, -0.25) is 0 Å². The van der Waals surface area contributed by atoms with Gasteiger partial charge in [-0.25, -0.2) is 4.98 Å². The highest BCUT2D eigenvalue weighted by atomic mass is 32.2.